The zero-order chi connectivity index (χ0) is 15.0. The van der Waals surface area contributed by atoms with E-state index >= 15 is 0 Å². The van der Waals surface area contributed by atoms with Crippen LogP contribution >= 0.6 is 0 Å². The van der Waals surface area contributed by atoms with Gasteiger partial charge in [0.1, 0.15) is 0 Å². The van der Waals surface area contributed by atoms with Gasteiger partial charge in [-0.3, -0.25) is 4.79 Å². The van der Waals surface area contributed by atoms with Crippen molar-refractivity contribution in [2.24, 2.45) is 0 Å². The number of nitrogens with zero attached hydrogens (tertiary/aromatic N) is 1. The van der Waals surface area contributed by atoms with Crippen molar-refractivity contribution in [1.29, 1.82) is 0 Å². The van der Waals surface area contributed by atoms with Gasteiger partial charge < -0.3 is 15.3 Å². The van der Waals surface area contributed by atoms with Crippen LogP contribution in [0.3, 0.4) is 0 Å². The van der Waals surface area contributed by atoms with Crippen molar-refractivity contribution in [2.45, 2.75) is 39.7 Å². The number of carbonyl (C=O) groups excluding carboxylic acids is 1. The third-order valence-corrected chi connectivity index (χ3v) is 3.10. The largest absolute Gasteiger partial charge is 0.387 e. The monoisotopic (exact) mass is 278 g/mol. The maximum Gasteiger partial charge on any atom is 0.221 e. The second kappa shape index (κ2) is 8.72. The molecule has 112 valence electrons. The molecule has 0 aliphatic carbocycles. The van der Waals surface area contributed by atoms with E-state index in [1.54, 1.807) is 0 Å². The molecule has 0 aromatic heterocycles. The minimum absolute atomic E-state index is 0.102. The summed E-state index contributed by atoms with van der Waals surface area (Å²) in [6, 6.07) is 7.41. The fourth-order valence-corrected chi connectivity index (χ4v) is 2.30. The van der Waals surface area contributed by atoms with Crippen molar-refractivity contribution in [2.75, 3.05) is 25.0 Å². The molecule has 1 atom stereocenters. The summed E-state index contributed by atoms with van der Waals surface area (Å²) in [5.41, 5.74) is 1.57. The second-order valence-electron chi connectivity index (χ2n) is 5.12. The molecule has 0 heterocycles. The number of aliphatic hydroxyl groups is 1. The summed E-state index contributed by atoms with van der Waals surface area (Å²) < 4.78 is 0. The molecular formula is C16H26N2O2. The van der Waals surface area contributed by atoms with Gasteiger partial charge in [-0.25, -0.2) is 0 Å². The Hall–Kier alpha value is -1.39. The van der Waals surface area contributed by atoms with Crippen LogP contribution in [0.1, 0.15) is 45.3 Å². The topological polar surface area (TPSA) is 52.6 Å². The van der Waals surface area contributed by atoms with Crippen molar-refractivity contribution < 1.29 is 9.90 Å². The van der Waals surface area contributed by atoms with E-state index in [0.29, 0.717) is 6.54 Å². The fourth-order valence-electron chi connectivity index (χ4n) is 2.30. The molecule has 1 unspecified atom stereocenters. The predicted molar refractivity (Wildman–Crippen MR) is 82.7 cm³/mol. The molecule has 1 aromatic rings. The van der Waals surface area contributed by atoms with E-state index in [0.717, 1.165) is 37.2 Å². The quantitative estimate of drug-likeness (QED) is 0.769. The molecule has 0 saturated heterocycles. The van der Waals surface area contributed by atoms with Gasteiger partial charge in [0.25, 0.3) is 0 Å². The highest BCUT2D eigenvalue weighted by molar-refractivity contribution is 5.88. The number of hydrogen-bond donors (Lipinski definition) is 2. The molecule has 0 saturated carbocycles. The van der Waals surface area contributed by atoms with Crippen LogP contribution in [0.25, 0.3) is 0 Å². The van der Waals surface area contributed by atoms with Gasteiger partial charge in [0, 0.05) is 19.2 Å². The Kier molecular flexibility index (Phi) is 7.26. The molecule has 0 aliphatic heterocycles. The summed E-state index contributed by atoms with van der Waals surface area (Å²) >= 11 is 0. The minimum Gasteiger partial charge on any atom is -0.387 e. The smallest absolute Gasteiger partial charge is 0.221 e. The van der Waals surface area contributed by atoms with Gasteiger partial charge in [-0.15, -0.1) is 0 Å². The number of amides is 1. The summed E-state index contributed by atoms with van der Waals surface area (Å²) in [6.45, 7) is 8.39. The highest BCUT2D eigenvalue weighted by Gasteiger charge is 2.13. The van der Waals surface area contributed by atoms with Crippen LogP contribution in [0, 0.1) is 0 Å². The molecule has 0 aliphatic rings. The molecule has 0 fully saturated rings. The average molecular weight is 278 g/mol. The van der Waals surface area contributed by atoms with Crippen molar-refractivity contribution >= 4 is 11.6 Å². The molecule has 0 spiro atoms. The Morgan fingerprint density at radius 3 is 2.50 bits per heavy atom. The van der Waals surface area contributed by atoms with Gasteiger partial charge in [0.2, 0.25) is 5.91 Å². The van der Waals surface area contributed by atoms with Gasteiger partial charge >= 0.3 is 0 Å². The first kappa shape index (κ1) is 16.7. The lowest BCUT2D eigenvalue weighted by Crippen LogP contribution is -2.30. The van der Waals surface area contributed by atoms with Crippen LogP contribution in [0.4, 0.5) is 5.69 Å². The van der Waals surface area contributed by atoms with Gasteiger partial charge in [0.05, 0.1) is 6.10 Å². The maximum absolute atomic E-state index is 11.1. The summed E-state index contributed by atoms with van der Waals surface area (Å²) in [6.07, 6.45) is 1.64. The summed E-state index contributed by atoms with van der Waals surface area (Å²) in [7, 11) is 0. The van der Waals surface area contributed by atoms with Crippen LogP contribution in [-0.2, 0) is 4.79 Å². The van der Waals surface area contributed by atoms with E-state index in [1.165, 1.54) is 6.92 Å². The highest BCUT2D eigenvalue weighted by atomic mass is 16.3. The number of hydrogen-bond acceptors (Lipinski definition) is 3. The molecule has 0 radical (unpaired) electrons. The van der Waals surface area contributed by atoms with E-state index in [-0.39, 0.29) is 5.91 Å². The SMILES string of the molecule is CCCN(CCC)CC(O)c1cccc(NC(C)=O)c1. The van der Waals surface area contributed by atoms with Crippen molar-refractivity contribution in [3.05, 3.63) is 29.8 Å². The standard InChI is InChI=1S/C16H26N2O2/c1-4-9-18(10-5-2)12-16(20)14-7-6-8-15(11-14)17-13(3)19/h6-8,11,16,20H,4-5,9-10,12H2,1-3H3,(H,17,19). The zero-order valence-electron chi connectivity index (χ0n) is 12.7. The van der Waals surface area contributed by atoms with Crippen LogP contribution in [0.2, 0.25) is 0 Å². The first-order valence-corrected chi connectivity index (χ1v) is 7.34. The number of nitrogens with one attached hydrogen (secondary N) is 1. The third kappa shape index (κ3) is 5.72. The van der Waals surface area contributed by atoms with Crippen LogP contribution < -0.4 is 5.32 Å². The van der Waals surface area contributed by atoms with Gasteiger partial charge in [-0.1, -0.05) is 26.0 Å². The number of rotatable bonds is 8. The summed E-state index contributed by atoms with van der Waals surface area (Å²) in [4.78, 5) is 13.3. The van der Waals surface area contributed by atoms with Crippen molar-refractivity contribution in [3.63, 3.8) is 0 Å². The van der Waals surface area contributed by atoms with E-state index in [1.807, 2.05) is 24.3 Å². The van der Waals surface area contributed by atoms with E-state index < -0.39 is 6.10 Å². The molecular weight excluding hydrogens is 252 g/mol. The minimum atomic E-state index is -0.526. The summed E-state index contributed by atoms with van der Waals surface area (Å²) in [5, 5.41) is 13.1. The highest BCUT2D eigenvalue weighted by Crippen LogP contribution is 2.19. The number of anilines is 1. The Labute approximate surface area is 121 Å². The Balaban J connectivity index is 2.69. The van der Waals surface area contributed by atoms with E-state index in [9.17, 15) is 9.90 Å². The molecule has 4 nitrogen and oxygen atoms in total. The lowest BCUT2D eigenvalue weighted by Gasteiger charge is -2.24. The fraction of sp³-hybridized carbons (Fsp3) is 0.562. The normalized spacial score (nSPS) is 12.4. The second-order valence-corrected chi connectivity index (χ2v) is 5.12. The molecule has 1 aromatic carbocycles. The average Bonchev–Trinajstić information content (AvgIpc) is 2.38. The molecule has 4 heteroatoms. The van der Waals surface area contributed by atoms with Gasteiger partial charge in [-0.2, -0.15) is 0 Å². The Morgan fingerprint density at radius 2 is 1.95 bits per heavy atom. The Morgan fingerprint density at radius 1 is 1.30 bits per heavy atom. The van der Waals surface area contributed by atoms with Crippen molar-refractivity contribution in [1.82, 2.24) is 4.90 Å². The lowest BCUT2D eigenvalue weighted by atomic mass is 10.1. The first-order chi connectivity index (χ1) is 9.56. The first-order valence-electron chi connectivity index (χ1n) is 7.34. The molecule has 20 heavy (non-hydrogen) atoms. The van der Waals surface area contributed by atoms with Gasteiger partial charge in [0.15, 0.2) is 0 Å². The van der Waals surface area contributed by atoms with E-state index in [4.69, 9.17) is 0 Å². The molecule has 1 amide bonds. The molecule has 0 bridgehead atoms. The third-order valence-electron chi connectivity index (χ3n) is 3.10. The Bertz CT molecular complexity index is 415. The number of benzene rings is 1. The molecule has 2 N–H and O–H groups in total. The van der Waals surface area contributed by atoms with Crippen molar-refractivity contribution in [3.8, 4) is 0 Å². The number of carbonyl (C=O) groups is 1. The van der Waals surface area contributed by atoms with Crippen LogP contribution in [-0.4, -0.2) is 35.5 Å². The molecule has 1 rings (SSSR count). The van der Waals surface area contributed by atoms with Crippen LogP contribution in [0.5, 0.6) is 0 Å². The lowest BCUT2D eigenvalue weighted by molar-refractivity contribution is -0.114. The summed E-state index contributed by atoms with van der Waals surface area (Å²) in [5.74, 6) is -0.102. The van der Waals surface area contributed by atoms with Gasteiger partial charge in [-0.05, 0) is 43.6 Å². The van der Waals surface area contributed by atoms with Crippen LogP contribution in [0.15, 0.2) is 24.3 Å². The van der Waals surface area contributed by atoms with E-state index in [2.05, 4.69) is 24.1 Å². The zero-order valence-corrected chi connectivity index (χ0v) is 12.7. The maximum atomic E-state index is 11.1. The predicted octanol–water partition coefficient (Wildman–Crippen LogP) is 2.80. The number of aliphatic hydroxyl groups excluding tert-OH is 1.